The van der Waals surface area contributed by atoms with Crippen molar-refractivity contribution in [1.29, 1.82) is 0 Å². The van der Waals surface area contributed by atoms with E-state index in [1.165, 1.54) is 25.1 Å². The maximum Gasteiger partial charge on any atom is 0.229 e. The molecule has 3 aromatic rings. The van der Waals surface area contributed by atoms with E-state index in [0.29, 0.717) is 44.4 Å². The van der Waals surface area contributed by atoms with Crippen LogP contribution in [0.1, 0.15) is 25.7 Å². The van der Waals surface area contributed by atoms with Crippen LogP contribution in [0.25, 0.3) is 0 Å². The number of ether oxygens (including phenoxy) is 1. The Morgan fingerprint density at radius 3 is 2.38 bits per heavy atom. The van der Waals surface area contributed by atoms with E-state index >= 15 is 4.39 Å². The molecule has 2 N–H and O–H groups in total. The molecule has 11 heteroatoms. The van der Waals surface area contributed by atoms with Crippen molar-refractivity contribution in [2.45, 2.75) is 25.7 Å². The van der Waals surface area contributed by atoms with Crippen LogP contribution in [-0.4, -0.2) is 68.5 Å². The Kier molecular flexibility index (Phi) is 8.27. The molecule has 2 fully saturated rings. The van der Waals surface area contributed by atoms with Gasteiger partial charge >= 0.3 is 0 Å². The van der Waals surface area contributed by atoms with Crippen LogP contribution in [0.5, 0.6) is 5.75 Å². The number of benzene rings is 2. The molecule has 2 aliphatic rings. The first-order chi connectivity index (χ1) is 19.1. The van der Waals surface area contributed by atoms with E-state index < -0.39 is 7.14 Å². The van der Waals surface area contributed by atoms with E-state index in [-0.39, 0.29) is 11.8 Å². The lowest BCUT2D eigenvalue weighted by molar-refractivity contribution is 0.0943. The molecule has 0 amide bonds. The van der Waals surface area contributed by atoms with Gasteiger partial charge in [-0.05, 0) is 76.7 Å². The first-order valence-electron chi connectivity index (χ1n) is 13.6. The first kappa shape index (κ1) is 28.7. The number of likely N-dealkylation sites (tertiary alicyclic amines) is 1. The molecular weight excluding hydrogens is 550 g/mol. The molecule has 8 nitrogen and oxygen atoms in total. The molecule has 2 aliphatic heterocycles. The molecule has 40 heavy (non-hydrogen) atoms. The van der Waals surface area contributed by atoms with Gasteiger partial charge in [-0.25, -0.2) is 9.37 Å². The third-order valence-corrected chi connectivity index (χ3v) is 10.0. The lowest BCUT2D eigenvalue weighted by Gasteiger charge is -2.47. The summed E-state index contributed by atoms with van der Waals surface area (Å²) in [4.78, 5) is 13.3. The number of hydrogen-bond acceptors (Lipinski definition) is 8. The van der Waals surface area contributed by atoms with Crippen LogP contribution in [-0.2, 0) is 4.57 Å². The lowest BCUT2D eigenvalue weighted by atomic mass is 9.71. The fourth-order valence-corrected chi connectivity index (χ4v) is 6.97. The maximum absolute atomic E-state index is 15.5. The highest BCUT2D eigenvalue weighted by atomic mass is 35.5. The van der Waals surface area contributed by atoms with Crippen LogP contribution in [0.2, 0.25) is 5.02 Å². The van der Waals surface area contributed by atoms with Gasteiger partial charge in [0.1, 0.15) is 23.7 Å². The summed E-state index contributed by atoms with van der Waals surface area (Å²) in [6.07, 6.45) is 6.04. The second kappa shape index (κ2) is 11.6. The van der Waals surface area contributed by atoms with Gasteiger partial charge in [0.25, 0.3) is 0 Å². The zero-order valence-corrected chi connectivity index (χ0v) is 25.2. The van der Waals surface area contributed by atoms with Crippen molar-refractivity contribution in [2.75, 3.05) is 69.2 Å². The van der Waals surface area contributed by atoms with E-state index in [2.05, 4.69) is 37.4 Å². The average molecular weight is 587 g/mol. The smallest absolute Gasteiger partial charge is 0.229 e. The predicted molar refractivity (Wildman–Crippen MR) is 163 cm³/mol. The predicted octanol–water partition coefficient (Wildman–Crippen LogP) is 6.33. The Bertz CT molecular complexity index is 1420. The highest BCUT2D eigenvalue weighted by Gasteiger charge is 2.37. The van der Waals surface area contributed by atoms with Gasteiger partial charge in [-0.2, -0.15) is 4.98 Å². The quantitative estimate of drug-likeness (QED) is 0.311. The van der Waals surface area contributed by atoms with Crippen molar-refractivity contribution >= 4 is 52.9 Å². The van der Waals surface area contributed by atoms with Gasteiger partial charge in [0.05, 0.1) is 30.4 Å². The molecule has 214 valence electrons. The third kappa shape index (κ3) is 6.22. The second-order valence-corrected chi connectivity index (χ2v) is 14.9. The number of aromatic nitrogens is 2. The topological polar surface area (TPSA) is 82.6 Å². The number of rotatable bonds is 7. The number of anilines is 5. The van der Waals surface area contributed by atoms with Crippen molar-refractivity contribution in [1.82, 2.24) is 14.9 Å². The van der Waals surface area contributed by atoms with Crippen molar-refractivity contribution in [3.05, 3.63) is 53.4 Å². The molecule has 3 heterocycles. The van der Waals surface area contributed by atoms with Gasteiger partial charge in [-0.3, -0.25) is 0 Å². The molecule has 0 unspecified atom stereocenters. The fourth-order valence-electron chi connectivity index (χ4n) is 5.68. The van der Waals surface area contributed by atoms with Crippen LogP contribution in [0.3, 0.4) is 0 Å². The van der Waals surface area contributed by atoms with Gasteiger partial charge in [-0.1, -0.05) is 23.7 Å². The zero-order chi connectivity index (χ0) is 28.5. The molecule has 0 bridgehead atoms. The van der Waals surface area contributed by atoms with Crippen molar-refractivity contribution in [2.24, 2.45) is 5.41 Å². The Morgan fingerprint density at radius 2 is 1.70 bits per heavy atom. The summed E-state index contributed by atoms with van der Waals surface area (Å²) in [5, 5.41) is 7.25. The zero-order valence-electron chi connectivity index (χ0n) is 23.5. The monoisotopic (exact) mass is 586 g/mol. The first-order valence-corrected chi connectivity index (χ1v) is 16.6. The number of para-hydroxylation sites is 1. The summed E-state index contributed by atoms with van der Waals surface area (Å²) in [5.41, 5.74) is 1.99. The minimum Gasteiger partial charge on any atom is -0.494 e. The Balaban J connectivity index is 1.34. The Labute approximate surface area is 240 Å². The SMILES string of the molecule is COc1cc(N2CCC3(CCN(C)CC3)CC2)c(F)cc1Nc1ncc(Cl)c(Nc2ccccc2P(C)(C)=O)n1. The molecule has 0 atom stereocenters. The van der Waals surface area contributed by atoms with E-state index in [0.717, 1.165) is 39.0 Å². The summed E-state index contributed by atoms with van der Waals surface area (Å²) in [6, 6.07) is 10.5. The van der Waals surface area contributed by atoms with Crippen LogP contribution in [0.4, 0.5) is 33.2 Å². The Hall–Kier alpha value is -2.87. The maximum atomic E-state index is 15.5. The van der Waals surface area contributed by atoms with E-state index in [4.69, 9.17) is 16.3 Å². The minimum absolute atomic E-state index is 0.216. The number of nitrogens with zero attached hydrogens (tertiary/aromatic N) is 4. The summed E-state index contributed by atoms with van der Waals surface area (Å²) in [5.74, 6) is 0.721. The summed E-state index contributed by atoms with van der Waals surface area (Å²) >= 11 is 6.39. The number of methoxy groups -OCH3 is 1. The van der Waals surface area contributed by atoms with Gasteiger partial charge in [-0.15, -0.1) is 0 Å². The third-order valence-electron chi connectivity index (χ3n) is 8.21. The van der Waals surface area contributed by atoms with E-state index in [1.807, 2.05) is 24.3 Å². The molecule has 0 radical (unpaired) electrons. The molecule has 0 saturated carbocycles. The normalized spacial score (nSPS) is 17.6. The van der Waals surface area contributed by atoms with Crippen LogP contribution >= 0.6 is 18.7 Å². The lowest BCUT2D eigenvalue weighted by Crippen LogP contribution is -2.46. The highest BCUT2D eigenvalue weighted by Crippen LogP contribution is 2.43. The summed E-state index contributed by atoms with van der Waals surface area (Å²) < 4.78 is 33.9. The Morgan fingerprint density at radius 1 is 1.02 bits per heavy atom. The second-order valence-electron chi connectivity index (χ2n) is 11.3. The molecule has 2 saturated heterocycles. The van der Waals surface area contributed by atoms with E-state index in [9.17, 15) is 4.57 Å². The minimum atomic E-state index is -2.55. The van der Waals surface area contributed by atoms with Gasteiger partial charge in [0.2, 0.25) is 5.95 Å². The molecule has 5 rings (SSSR count). The number of halogens is 2. The molecule has 2 aromatic carbocycles. The summed E-state index contributed by atoms with van der Waals surface area (Å²) in [7, 11) is 1.20. The summed E-state index contributed by atoms with van der Waals surface area (Å²) in [6.45, 7) is 7.35. The van der Waals surface area contributed by atoms with Crippen molar-refractivity contribution in [3.63, 3.8) is 0 Å². The van der Waals surface area contributed by atoms with Crippen LogP contribution in [0, 0.1) is 11.2 Å². The largest absolute Gasteiger partial charge is 0.494 e. The average Bonchev–Trinajstić information content (AvgIpc) is 2.93. The molecule has 0 aliphatic carbocycles. The van der Waals surface area contributed by atoms with Crippen LogP contribution in [0.15, 0.2) is 42.6 Å². The van der Waals surface area contributed by atoms with Crippen LogP contribution < -0.4 is 25.6 Å². The fraction of sp³-hybridized carbons (Fsp3) is 0.448. The van der Waals surface area contributed by atoms with Gasteiger partial charge in [0.15, 0.2) is 5.82 Å². The standard InChI is InChI=1S/C29H37ClFN6O2P/c1-36-13-9-29(10-14-36)11-15-37(16-12-29)24-18-25(39-2)23(17-21(24)31)34-28-32-19-20(30)27(35-28)33-22-7-5-6-8-26(22)40(3,4)38/h5-8,17-19H,9-16H2,1-4H3,(H2,32,33,34,35). The molecule has 1 aromatic heterocycles. The molecule has 1 spiro atoms. The van der Waals surface area contributed by atoms with Gasteiger partial charge < -0.3 is 29.7 Å². The number of nitrogens with one attached hydrogen (secondary N) is 2. The van der Waals surface area contributed by atoms with Crippen molar-refractivity contribution in [3.8, 4) is 5.75 Å². The number of hydrogen-bond donors (Lipinski definition) is 2. The van der Waals surface area contributed by atoms with E-state index in [1.54, 1.807) is 26.5 Å². The molecular formula is C29H37ClFN6O2P. The van der Waals surface area contributed by atoms with Gasteiger partial charge in [0, 0.05) is 30.5 Å². The number of piperidine rings is 2. The highest BCUT2D eigenvalue weighted by molar-refractivity contribution is 7.70. The van der Waals surface area contributed by atoms with Crippen molar-refractivity contribution < 1.29 is 13.7 Å².